The van der Waals surface area contributed by atoms with Gasteiger partial charge in [0.15, 0.2) is 0 Å². The molecule has 1 heterocycles. The first-order valence-corrected chi connectivity index (χ1v) is 6.67. The van der Waals surface area contributed by atoms with Crippen molar-refractivity contribution >= 4 is 6.09 Å². The van der Waals surface area contributed by atoms with E-state index in [9.17, 15) is 4.79 Å². The number of carbonyl (C=O) groups is 1. The number of nitrogens with zero attached hydrogens (tertiary/aromatic N) is 1. The van der Waals surface area contributed by atoms with Gasteiger partial charge in [0.05, 0.1) is 6.61 Å². The second-order valence-corrected chi connectivity index (χ2v) is 5.51. The minimum Gasteiger partial charge on any atom is -0.449 e. The van der Waals surface area contributed by atoms with E-state index in [1.54, 1.807) is 0 Å². The molecule has 0 aromatic carbocycles. The van der Waals surface area contributed by atoms with Gasteiger partial charge in [-0.15, -0.1) is 0 Å². The molecule has 1 aliphatic rings. The van der Waals surface area contributed by atoms with Crippen molar-refractivity contribution in [2.24, 2.45) is 5.92 Å². The molecule has 0 aromatic heterocycles. The quantitative estimate of drug-likeness (QED) is 0.804. The summed E-state index contributed by atoms with van der Waals surface area (Å²) >= 11 is 0. The molecule has 1 amide bonds. The fourth-order valence-electron chi connectivity index (χ4n) is 1.97. The Kier molecular flexibility index (Phi) is 5.75. The van der Waals surface area contributed by atoms with Crippen molar-refractivity contribution in [2.45, 2.75) is 52.6 Å². The van der Waals surface area contributed by atoms with E-state index >= 15 is 0 Å². The van der Waals surface area contributed by atoms with Gasteiger partial charge >= 0.3 is 6.09 Å². The number of ether oxygens (including phenoxy) is 1. The first-order valence-electron chi connectivity index (χ1n) is 6.67. The normalized spacial score (nSPS) is 20.0. The Hall–Kier alpha value is -0.770. The molecule has 0 saturated carbocycles. The van der Waals surface area contributed by atoms with Crippen LogP contribution in [0.2, 0.25) is 0 Å². The van der Waals surface area contributed by atoms with Gasteiger partial charge in [0.2, 0.25) is 0 Å². The van der Waals surface area contributed by atoms with Crippen LogP contribution in [0, 0.1) is 5.92 Å². The molecule has 100 valence electrons. The largest absolute Gasteiger partial charge is 0.449 e. The SMILES string of the molecule is CC(C)COC(=O)N(CC1CCCN1)C(C)C. The average Bonchev–Trinajstić information content (AvgIpc) is 2.74. The molecule has 4 nitrogen and oxygen atoms in total. The lowest BCUT2D eigenvalue weighted by atomic mass is 10.2. The highest BCUT2D eigenvalue weighted by molar-refractivity contribution is 5.68. The van der Waals surface area contributed by atoms with Gasteiger partial charge in [0.25, 0.3) is 0 Å². The van der Waals surface area contributed by atoms with E-state index in [1.165, 1.54) is 6.42 Å². The van der Waals surface area contributed by atoms with Crippen LogP contribution in [0.5, 0.6) is 0 Å². The van der Waals surface area contributed by atoms with Crippen LogP contribution >= 0.6 is 0 Å². The van der Waals surface area contributed by atoms with Crippen molar-refractivity contribution in [2.75, 3.05) is 19.7 Å². The van der Waals surface area contributed by atoms with Crippen LogP contribution in [-0.4, -0.2) is 42.8 Å². The Morgan fingerprint density at radius 1 is 1.41 bits per heavy atom. The third kappa shape index (κ3) is 4.94. The summed E-state index contributed by atoms with van der Waals surface area (Å²) in [7, 11) is 0. The van der Waals surface area contributed by atoms with Gasteiger partial charge in [-0.3, -0.25) is 0 Å². The third-order valence-corrected chi connectivity index (χ3v) is 2.98. The summed E-state index contributed by atoms with van der Waals surface area (Å²) in [5.74, 6) is 0.387. The standard InChI is InChI=1S/C13H26N2O2/c1-10(2)9-17-13(16)15(11(3)4)8-12-6-5-7-14-12/h10-12,14H,5-9H2,1-4H3. The second-order valence-electron chi connectivity index (χ2n) is 5.51. The predicted octanol–water partition coefficient (Wildman–Crippen LogP) is 2.24. The maximum Gasteiger partial charge on any atom is 0.410 e. The maximum atomic E-state index is 12.0. The van der Waals surface area contributed by atoms with E-state index < -0.39 is 0 Å². The predicted molar refractivity (Wildman–Crippen MR) is 69.1 cm³/mol. The number of carbonyl (C=O) groups excluding carboxylic acids is 1. The molecule has 1 unspecified atom stereocenters. The lowest BCUT2D eigenvalue weighted by molar-refractivity contribution is 0.0790. The Morgan fingerprint density at radius 3 is 2.59 bits per heavy atom. The zero-order valence-corrected chi connectivity index (χ0v) is 11.5. The maximum absolute atomic E-state index is 12.0. The van der Waals surface area contributed by atoms with Gasteiger partial charge in [-0.05, 0) is 39.2 Å². The second kappa shape index (κ2) is 6.84. The summed E-state index contributed by atoms with van der Waals surface area (Å²) < 4.78 is 5.30. The molecule has 1 atom stereocenters. The van der Waals surface area contributed by atoms with Crippen molar-refractivity contribution in [3.8, 4) is 0 Å². The molecular weight excluding hydrogens is 216 g/mol. The van der Waals surface area contributed by atoms with E-state index in [1.807, 2.05) is 32.6 Å². The van der Waals surface area contributed by atoms with Gasteiger partial charge in [-0.2, -0.15) is 0 Å². The van der Waals surface area contributed by atoms with Crippen LogP contribution in [0.25, 0.3) is 0 Å². The van der Waals surface area contributed by atoms with E-state index in [0.717, 1.165) is 19.5 Å². The minimum atomic E-state index is -0.178. The van der Waals surface area contributed by atoms with E-state index in [0.29, 0.717) is 18.6 Å². The molecule has 0 spiro atoms. The Balaban J connectivity index is 2.43. The summed E-state index contributed by atoms with van der Waals surface area (Å²) in [5, 5.41) is 3.41. The molecule has 0 radical (unpaired) electrons. The van der Waals surface area contributed by atoms with Crippen molar-refractivity contribution in [3.63, 3.8) is 0 Å². The zero-order chi connectivity index (χ0) is 12.8. The highest BCUT2D eigenvalue weighted by Crippen LogP contribution is 2.11. The molecule has 1 rings (SSSR count). The van der Waals surface area contributed by atoms with Gasteiger partial charge < -0.3 is 15.0 Å². The molecular formula is C13H26N2O2. The lowest BCUT2D eigenvalue weighted by Gasteiger charge is -2.29. The zero-order valence-electron chi connectivity index (χ0n) is 11.5. The lowest BCUT2D eigenvalue weighted by Crippen LogP contribution is -2.45. The van der Waals surface area contributed by atoms with Crippen LogP contribution in [-0.2, 0) is 4.74 Å². The van der Waals surface area contributed by atoms with Crippen molar-refractivity contribution in [1.82, 2.24) is 10.2 Å². The summed E-state index contributed by atoms with van der Waals surface area (Å²) in [6.07, 6.45) is 2.18. The Morgan fingerprint density at radius 2 is 2.12 bits per heavy atom. The highest BCUT2D eigenvalue weighted by Gasteiger charge is 2.24. The van der Waals surface area contributed by atoms with Crippen LogP contribution in [0.15, 0.2) is 0 Å². The first-order chi connectivity index (χ1) is 8.00. The fourth-order valence-corrected chi connectivity index (χ4v) is 1.97. The molecule has 0 aliphatic carbocycles. The van der Waals surface area contributed by atoms with Gasteiger partial charge in [0.1, 0.15) is 0 Å². The summed E-state index contributed by atoms with van der Waals surface area (Å²) in [6.45, 7) is 10.5. The van der Waals surface area contributed by atoms with Crippen molar-refractivity contribution < 1.29 is 9.53 Å². The topological polar surface area (TPSA) is 41.6 Å². The molecule has 17 heavy (non-hydrogen) atoms. The number of hydrogen-bond acceptors (Lipinski definition) is 3. The van der Waals surface area contributed by atoms with Gasteiger partial charge in [-0.25, -0.2) is 4.79 Å². The van der Waals surface area contributed by atoms with Crippen LogP contribution < -0.4 is 5.32 Å². The molecule has 1 aliphatic heterocycles. The highest BCUT2D eigenvalue weighted by atomic mass is 16.6. The summed E-state index contributed by atoms with van der Waals surface area (Å²) in [4.78, 5) is 13.8. The Labute approximate surface area is 105 Å². The number of rotatable bonds is 5. The van der Waals surface area contributed by atoms with Gasteiger partial charge in [0, 0.05) is 18.6 Å². The number of nitrogens with one attached hydrogen (secondary N) is 1. The van der Waals surface area contributed by atoms with Crippen LogP contribution in [0.1, 0.15) is 40.5 Å². The summed E-state index contributed by atoms with van der Waals surface area (Å²) in [5.41, 5.74) is 0. The molecule has 1 fully saturated rings. The molecule has 1 N–H and O–H groups in total. The summed E-state index contributed by atoms with van der Waals surface area (Å²) in [6, 6.07) is 0.626. The molecule has 0 aromatic rings. The van der Waals surface area contributed by atoms with Crippen LogP contribution in [0.3, 0.4) is 0 Å². The average molecular weight is 242 g/mol. The van der Waals surface area contributed by atoms with E-state index in [-0.39, 0.29) is 12.1 Å². The van der Waals surface area contributed by atoms with E-state index in [4.69, 9.17) is 4.74 Å². The molecule has 4 heteroatoms. The number of hydrogen-bond donors (Lipinski definition) is 1. The minimum absolute atomic E-state index is 0.178. The van der Waals surface area contributed by atoms with Gasteiger partial charge in [-0.1, -0.05) is 13.8 Å². The Bertz CT molecular complexity index is 236. The van der Waals surface area contributed by atoms with Crippen LogP contribution in [0.4, 0.5) is 4.79 Å². The van der Waals surface area contributed by atoms with Crippen molar-refractivity contribution in [1.29, 1.82) is 0 Å². The third-order valence-electron chi connectivity index (χ3n) is 2.98. The smallest absolute Gasteiger partial charge is 0.410 e. The van der Waals surface area contributed by atoms with E-state index in [2.05, 4.69) is 5.32 Å². The molecule has 1 saturated heterocycles. The first kappa shape index (κ1) is 14.3. The molecule has 0 bridgehead atoms. The fraction of sp³-hybridized carbons (Fsp3) is 0.923. The monoisotopic (exact) mass is 242 g/mol. The number of amides is 1. The van der Waals surface area contributed by atoms with Crippen molar-refractivity contribution in [3.05, 3.63) is 0 Å².